The van der Waals surface area contributed by atoms with Gasteiger partial charge in [0.05, 0.1) is 0 Å². The highest BCUT2D eigenvalue weighted by Gasteiger charge is 2.16. The van der Waals surface area contributed by atoms with E-state index >= 15 is 0 Å². The van der Waals surface area contributed by atoms with Gasteiger partial charge in [-0.1, -0.05) is 63.2 Å². The number of thioether (sulfide) groups is 1. The molecule has 1 nitrogen and oxygen atoms in total. The van der Waals surface area contributed by atoms with Crippen molar-refractivity contribution in [3.8, 4) is 0 Å². The van der Waals surface area contributed by atoms with Crippen LogP contribution in [0.15, 0.2) is 53.4 Å². The molecule has 0 heterocycles. The molecule has 0 saturated carbocycles. The van der Waals surface area contributed by atoms with E-state index in [0.29, 0.717) is 0 Å². The standard InChI is InChI=1S/C18H22OS/c1-18(2,3)14-11-9-13(10-12-14)17(19)15-7-5-6-8-16(15)20-4/h5-12,17,19H,1-4H3. The van der Waals surface area contributed by atoms with Crippen molar-refractivity contribution >= 4 is 11.8 Å². The van der Waals surface area contributed by atoms with E-state index < -0.39 is 6.10 Å². The summed E-state index contributed by atoms with van der Waals surface area (Å²) in [5.41, 5.74) is 3.34. The van der Waals surface area contributed by atoms with Gasteiger partial charge in [-0.2, -0.15) is 0 Å². The highest BCUT2D eigenvalue weighted by molar-refractivity contribution is 7.98. The Hall–Kier alpha value is -1.25. The average molecular weight is 286 g/mol. The predicted molar refractivity (Wildman–Crippen MR) is 87.4 cm³/mol. The lowest BCUT2D eigenvalue weighted by atomic mass is 9.86. The molecule has 0 bridgehead atoms. The third-order valence-corrected chi connectivity index (χ3v) is 4.34. The second kappa shape index (κ2) is 6.02. The van der Waals surface area contributed by atoms with Gasteiger partial charge in [-0.3, -0.25) is 0 Å². The van der Waals surface area contributed by atoms with Gasteiger partial charge in [0.2, 0.25) is 0 Å². The van der Waals surface area contributed by atoms with Crippen LogP contribution in [0.4, 0.5) is 0 Å². The molecule has 0 spiro atoms. The molecule has 0 amide bonds. The smallest absolute Gasteiger partial charge is 0.105 e. The summed E-state index contributed by atoms with van der Waals surface area (Å²) in [5.74, 6) is 0. The van der Waals surface area contributed by atoms with Gasteiger partial charge in [0, 0.05) is 4.90 Å². The van der Waals surface area contributed by atoms with Crippen LogP contribution in [-0.4, -0.2) is 11.4 Å². The lowest BCUT2D eigenvalue weighted by molar-refractivity contribution is 0.217. The Morgan fingerprint density at radius 2 is 1.55 bits per heavy atom. The van der Waals surface area contributed by atoms with E-state index in [-0.39, 0.29) is 5.41 Å². The highest BCUT2D eigenvalue weighted by atomic mass is 32.2. The lowest BCUT2D eigenvalue weighted by Gasteiger charge is -2.20. The number of aliphatic hydroxyl groups excluding tert-OH is 1. The van der Waals surface area contributed by atoms with Gasteiger partial charge in [-0.25, -0.2) is 0 Å². The Labute approximate surface area is 126 Å². The van der Waals surface area contributed by atoms with Crippen LogP contribution < -0.4 is 0 Å². The summed E-state index contributed by atoms with van der Waals surface area (Å²) in [5, 5.41) is 10.6. The molecule has 1 atom stereocenters. The Bertz CT molecular complexity index is 567. The van der Waals surface area contributed by atoms with Crippen molar-refractivity contribution in [2.24, 2.45) is 0 Å². The number of benzene rings is 2. The highest BCUT2D eigenvalue weighted by Crippen LogP contribution is 2.31. The molecule has 0 aliphatic rings. The van der Waals surface area contributed by atoms with Gasteiger partial charge in [0.1, 0.15) is 6.10 Å². The van der Waals surface area contributed by atoms with Crippen molar-refractivity contribution in [2.45, 2.75) is 37.2 Å². The normalized spacial score (nSPS) is 13.2. The molecule has 2 aromatic carbocycles. The van der Waals surface area contributed by atoms with Crippen molar-refractivity contribution in [3.63, 3.8) is 0 Å². The van der Waals surface area contributed by atoms with E-state index in [2.05, 4.69) is 32.9 Å². The van der Waals surface area contributed by atoms with Crippen LogP contribution in [0.1, 0.15) is 43.6 Å². The molecule has 2 heteroatoms. The van der Waals surface area contributed by atoms with Crippen molar-refractivity contribution in [2.75, 3.05) is 6.26 Å². The van der Waals surface area contributed by atoms with Crippen LogP contribution in [0.2, 0.25) is 0 Å². The van der Waals surface area contributed by atoms with Gasteiger partial charge in [0.15, 0.2) is 0 Å². The first-order valence-corrected chi connectivity index (χ1v) is 8.07. The van der Waals surface area contributed by atoms with E-state index in [4.69, 9.17) is 0 Å². The molecule has 0 fully saturated rings. The summed E-state index contributed by atoms with van der Waals surface area (Å²) >= 11 is 1.67. The molecule has 1 N–H and O–H groups in total. The summed E-state index contributed by atoms with van der Waals surface area (Å²) in [6.45, 7) is 6.59. The van der Waals surface area contributed by atoms with E-state index in [1.165, 1.54) is 5.56 Å². The molecular weight excluding hydrogens is 264 g/mol. The zero-order chi connectivity index (χ0) is 14.8. The van der Waals surface area contributed by atoms with Crippen molar-refractivity contribution < 1.29 is 5.11 Å². The SMILES string of the molecule is CSc1ccccc1C(O)c1ccc(C(C)(C)C)cc1. The Kier molecular flexibility index (Phi) is 4.56. The van der Waals surface area contributed by atoms with E-state index in [1.807, 2.05) is 42.7 Å². The molecule has 20 heavy (non-hydrogen) atoms. The monoisotopic (exact) mass is 286 g/mol. The van der Waals surface area contributed by atoms with Crippen molar-refractivity contribution in [1.29, 1.82) is 0 Å². The maximum absolute atomic E-state index is 10.6. The van der Waals surface area contributed by atoms with Gasteiger partial charge in [0.25, 0.3) is 0 Å². The molecule has 0 aromatic heterocycles. The molecule has 106 valence electrons. The van der Waals surface area contributed by atoms with Crippen molar-refractivity contribution in [3.05, 3.63) is 65.2 Å². The van der Waals surface area contributed by atoms with Crippen LogP contribution in [0.25, 0.3) is 0 Å². The molecule has 1 unspecified atom stereocenters. The zero-order valence-corrected chi connectivity index (χ0v) is 13.4. The van der Waals surface area contributed by atoms with Gasteiger partial charge in [-0.05, 0) is 34.4 Å². The second-order valence-electron chi connectivity index (χ2n) is 6.02. The van der Waals surface area contributed by atoms with Crippen LogP contribution in [-0.2, 0) is 5.41 Å². The fraction of sp³-hybridized carbons (Fsp3) is 0.333. The molecule has 0 aliphatic carbocycles. The first kappa shape index (κ1) is 15.1. The maximum atomic E-state index is 10.6. The third-order valence-electron chi connectivity index (χ3n) is 3.53. The van der Waals surface area contributed by atoms with Crippen LogP contribution in [0.3, 0.4) is 0 Å². The maximum Gasteiger partial charge on any atom is 0.105 e. The van der Waals surface area contributed by atoms with Crippen LogP contribution in [0.5, 0.6) is 0 Å². The predicted octanol–water partition coefficient (Wildman–Crippen LogP) is 4.79. The van der Waals surface area contributed by atoms with Gasteiger partial charge >= 0.3 is 0 Å². The van der Waals surface area contributed by atoms with Crippen molar-refractivity contribution in [1.82, 2.24) is 0 Å². The molecule has 0 aliphatic heterocycles. The quantitative estimate of drug-likeness (QED) is 0.819. The number of rotatable bonds is 3. The summed E-state index contributed by atoms with van der Waals surface area (Å²) in [6.07, 6.45) is 1.47. The first-order valence-electron chi connectivity index (χ1n) is 6.85. The number of hydrogen-bond donors (Lipinski definition) is 1. The topological polar surface area (TPSA) is 20.2 Å². The minimum absolute atomic E-state index is 0.140. The minimum Gasteiger partial charge on any atom is -0.384 e. The third kappa shape index (κ3) is 3.25. The fourth-order valence-corrected chi connectivity index (χ4v) is 2.87. The molecule has 2 aromatic rings. The zero-order valence-electron chi connectivity index (χ0n) is 12.6. The van der Waals surface area contributed by atoms with Crippen LogP contribution in [0, 0.1) is 0 Å². The lowest BCUT2D eigenvalue weighted by Crippen LogP contribution is -2.11. The Balaban J connectivity index is 2.32. The largest absolute Gasteiger partial charge is 0.384 e. The van der Waals surface area contributed by atoms with E-state index in [1.54, 1.807) is 11.8 Å². The van der Waals surface area contributed by atoms with Crippen LogP contribution >= 0.6 is 11.8 Å². The van der Waals surface area contributed by atoms with E-state index in [9.17, 15) is 5.11 Å². The number of hydrogen-bond acceptors (Lipinski definition) is 2. The summed E-state index contributed by atoms with van der Waals surface area (Å²) < 4.78 is 0. The fourth-order valence-electron chi connectivity index (χ4n) is 2.24. The summed E-state index contributed by atoms with van der Waals surface area (Å²) in [4.78, 5) is 1.12. The Morgan fingerprint density at radius 3 is 2.10 bits per heavy atom. The number of aliphatic hydroxyl groups is 1. The average Bonchev–Trinajstić information content (AvgIpc) is 2.45. The summed E-state index contributed by atoms with van der Waals surface area (Å²) in [7, 11) is 0. The van der Waals surface area contributed by atoms with E-state index in [0.717, 1.165) is 16.0 Å². The minimum atomic E-state index is -0.562. The molecule has 0 radical (unpaired) electrons. The summed E-state index contributed by atoms with van der Waals surface area (Å²) in [6, 6.07) is 16.3. The molecule has 2 rings (SSSR count). The van der Waals surface area contributed by atoms with Gasteiger partial charge in [-0.15, -0.1) is 11.8 Å². The van der Waals surface area contributed by atoms with Gasteiger partial charge < -0.3 is 5.11 Å². The molecule has 0 saturated heterocycles. The Morgan fingerprint density at radius 1 is 0.950 bits per heavy atom. The first-order chi connectivity index (χ1) is 9.43. The second-order valence-corrected chi connectivity index (χ2v) is 6.86. The molecular formula is C18H22OS.